The van der Waals surface area contributed by atoms with Crippen LogP contribution >= 0.6 is 0 Å². The van der Waals surface area contributed by atoms with E-state index in [0.717, 1.165) is 11.4 Å². The lowest BCUT2D eigenvalue weighted by molar-refractivity contribution is -0.124. The van der Waals surface area contributed by atoms with E-state index in [0.29, 0.717) is 18.7 Å². The summed E-state index contributed by atoms with van der Waals surface area (Å²) in [6, 6.07) is 9.82. The van der Waals surface area contributed by atoms with Gasteiger partial charge >= 0.3 is 5.97 Å². The Kier molecular flexibility index (Phi) is 5.44. The molecule has 1 aromatic carbocycles. The van der Waals surface area contributed by atoms with Crippen molar-refractivity contribution in [3.63, 3.8) is 0 Å². The van der Waals surface area contributed by atoms with Crippen LogP contribution in [0.3, 0.4) is 0 Å². The maximum atomic E-state index is 12.1. The maximum absolute atomic E-state index is 12.1. The smallest absolute Gasteiger partial charge is 0.378 e. The molecule has 140 valence electrons. The number of fused-ring (bicyclic) bond motifs is 1. The molecule has 0 bridgehead atoms. The molecule has 0 saturated heterocycles. The van der Waals surface area contributed by atoms with E-state index in [1.807, 2.05) is 51.1 Å². The Morgan fingerprint density at radius 1 is 1.15 bits per heavy atom. The quantitative estimate of drug-likeness (QED) is 0.664. The van der Waals surface area contributed by atoms with Crippen LogP contribution in [0.25, 0.3) is 5.78 Å². The molecule has 8 nitrogen and oxygen atoms in total. The number of ether oxygens (including phenoxy) is 1. The second kappa shape index (κ2) is 7.94. The molecule has 0 aliphatic carbocycles. The number of aryl methyl sites for hydroxylation is 3. The largest absolute Gasteiger partial charge is 0.450 e. The number of amides is 1. The summed E-state index contributed by atoms with van der Waals surface area (Å²) in [6.45, 7) is 5.79. The van der Waals surface area contributed by atoms with Crippen molar-refractivity contribution in [3.05, 3.63) is 58.7 Å². The van der Waals surface area contributed by atoms with Crippen molar-refractivity contribution >= 4 is 17.7 Å². The molecule has 0 fully saturated rings. The van der Waals surface area contributed by atoms with Gasteiger partial charge in [0, 0.05) is 17.9 Å². The van der Waals surface area contributed by atoms with Gasteiger partial charge in [-0.1, -0.05) is 24.3 Å². The van der Waals surface area contributed by atoms with Crippen molar-refractivity contribution in [1.82, 2.24) is 24.9 Å². The molecular weight excluding hydrogens is 346 g/mol. The summed E-state index contributed by atoms with van der Waals surface area (Å²) in [6.07, 6.45) is 0.713. The molecule has 3 rings (SSSR count). The lowest BCUT2D eigenvalue weighted by atomic mass is 10.1. The van der Waals surface area contributed by atoms with Crippen LogP contribution in [-0.4, -0.2) is 44.6 Å². The number of hydrogen-bond acceptors (Lipinski definition) is 6. The highest BCUT2D eigenvalue weighted by Gasteiger charge is 2.17. The average Bonchev–Trinajstić information content (AvgIpc) is 3.06. The van der Waals surface area contributed by atoms with Crippen molar-refractivity contribution in [1.29, 1.82) is 0 Å². The number of aromatic nitrogens is 4. The second-order valence-corrected chi connectivity index (χ2v) is 6.29. The van der Waals surface area contributed by atoms with Crippen LogP contribution in [0.2, 0.25) is 0 Å². The van der Waals surface area contributed by atoms with E-state index in [9.17, 15) is 9.59 Å². The number of carbonyl (C=O) groups is 2. The molecule has 0 saturated carbocycles. The SMILES string of the molecule is Cc1cc(C)n2nc(C(=O)OCC(=O)NCCc3ccccc3C)nc2n1. The van der Waals surface area contributed by atoms with Gasteiger partial charge in [-0.3, -0.25) is 4.79 Å². The third-order valence-corrected chi connectivity index (χ3v) is 4.11. The number of hydrogen-bond donors (Lipinski definition) is 1. The van der Waals surface area contributed by atoms with Crippen molar-refractivity contribution < 1.29 is 14.3 Å². The molecule has 0 atom stereocenters. The Morgan fingerprint density at radius 2 is 1.93 bits per heavy atom. The fourth-order valence-corrected chi connectivity index (χ4v) is 2.73. The maximum Gasteiger partial charge on any atom is 0.378 e. The van der Waals surface area contributed by atoms with Crippen molar-refractivity contribution in [2.45, 2.75) is 27.2 Å². The van der Waals surface area contributed by atoms with Crippen LogP contribution in [0.1, 0.15) is 33.1 Å². The molecule has 1 N–H and O–H groups in total. The van der Waals surface area contributed by atoms with Gasteiger partial charge in [0.15, 0.2) is 6.61 Å². The summed E-state index contributed by atoms with van der Waals surface area (Å²) in [5.41, 5.74) is 3.93. The van der Waals surface area contributed by atoms with Gasteiger partial charge in [-0.2, -0.15) is 4.98 Å². The molecule has 0 radical (unpaired) electrons. The minimum atomic E-state index is -0.758. The third kappa shape index (κ3) is 4.46. The monoisotopic (exact) mass is 367 g/mol. The zero-order valence-corrected chi connectivity index (χ0v) is 15.5. The fourth-order valence-electron chi connectivity index (χ4n) is 2.73. The van der Waals surface area contributed by atoms with Gasteiger partial charge in [0.2, 0.25) is 0 Å². The number of rotatable bonds is 6. The Hall–Kier alpha value is -3.29. The van der Waals surface area contributed by atoms with Gasteiger partial charge in [-0.05, 0) is 44.4 Å². The summed E-state index contributed by atoms with van der Waals surface area (Å²) in [5.74, 6) is -0.927. The molecule has 3 aromatic rings. The van der Waals surface area contributed by atoms with Crippen molar-refractivity contribution in [2.24, 2.45) is 0 Å². The van der Waals surface area contributed by atoms with E-state index in [-0.39, 0.29) is 18.3 Å². The Labute approximate surface area is 156 Å². The van der Waals surface area contributed by atoms with Gasteiger partial charge in [-0.25, -0.2) is 14.3 Å². The van der Waals surface area contributed by atoms with Crippen molar-refractivity contribution in [2.75, 3.05) is 13.2 Å². The van der Waals surface area contributed by atoms with Gasteiger partial charge < -0.3 is 10.1 Å². The first-order valence-corrected chi connectivity index (χ1v) is 8.63. The zero-order chi connectivity index (χ0) is 19.4. The van der Waals surface area contributed by atoms with E-state index >= 15 is 0 Å². The summed E-state index contributed by atoms with van der Waals surface area (Å²) < 4.78 is 6.46. The topological polar surface area (TPSA) is 98.5 Å². The van der Waals surface area contributed by atoms with Crippen LogP contribution in [0.4, 0.5) is 0 Å². The van der Waals surface area contributed by atoms with Crippen molar-refractivity contribution in [3.8, 4) is 0 Å². The van der Waals surface area contributed by atoms with E-state index < -0.39 is 5.97 Å². The van der Waals surface area contributed by atoms with E-state index in [1.54, 1.807) is 0 Å². The normalized spacial score (nSPS) is 10.8. The molecule has 0 aliphatic rings. The molecular formula is C19H21N5O3. The third-order valence-electron chi connectivity index (χ3n) is 4.11. The fraction of sp³-hybridized carbons (Fsp3) is 0.316. The number of benzene rings is 1. The molecule has 0 unspecified atom stereocenters. The molecule has 8 heteroatoms. The summed E-state index contributed by atoms with van der Waals surface area (Å²) in [5, 5.41) is 6.81. The zero-order valence-electron chi connectivity index (χ0n) is 15.5. The Balaban J connectivity index is 1.51. The average molecular weight is 367 g/mol. The van der Waals surface area contributed by atoms with Gasteiger partial charge in [0.25, 0.3) is 17.5 Å². The summed E-state index contributed by atoms with van der Waals surface area (Å²) in [4.78, 5) is 32.2. The first-order chi connectivity index (χ1) is 12.9. The van der Waals surface area contributed by atoms with Gasteiger partial charge in [0.05, 0.1) is 0 Å². The summed E-state index contributed by atoms with van der Waals surface area (Å²) in [7, 11) is 0. The standard InChI is InChI=1S/C19H21N5O3/c1-12-6-4-5-7-15(12)8-9-20-16(25)11-27-18(26)17-22-19-21-13(2)10-14(3)24(19)23-17/h4-7,10H,8-9,11H2,1-3H3,(H,20,25). The molecule has 1 amide bonds. The van der Waals surface area contributed by atoms with Crippen LogP contribution in [0.15, 0.2) is 30.3 Å². The first-order valence-electron chi connectivity index (χ1n) is 8.63. The predicted octanol–water partition coefficient (Wildman–Crippen LogP) is 1.57. The van der Waals surface area contributed by atoms with Crippen LogP contribution in [0, 0.1) is 20.8 Å². The van der Waals surface area contributed by atoms with E-state index in [2.05, 4.69) is 20.4 Å². The molecule has 2 aromatic heterocycles. The second-order valence-electron chi connectivity index (χ2n) is 6.29. The number of nitrogens with zero attached hydrogens (tertiary/aromatic N) is 4. The van der Waals surface area contributed by atoms with Gasteiger partial charge in [0.1, 0.15) is 0 Å². The van der Waals surface area contributed by atoms with E-state index in [4.69, 9.17) is 4.74 Å². The minimum Gasteiger partial charge on any atom is -0.450 e. The molecule has 27 heavy (non-hydrogen) atoms. The Morgan fingerprint density at radius 3 is 2.70 bits per heavy atom. The lowest BCUT2D eigenvalue weighted by Crippen LogP contribution is -2.30. The number of carbonyl (C=O) groups excluding carboxylic acids is 2. The number of nitrogens with one attached hydrogen (secondary N) is 1. The van der Waals surface area contributed by atoms with E-state index in [1.165, 1.54) is 15.6 Å². The minimum absolute atomic E-state index is 0.121. The summed E-state index contributed by atoms with van der Waals surface area (Å²) >= 11 is 0. The van der Waals surface area contributed by atoms with Crippen LogP contribution in [0.5, 0.6) is 0 Å². The first kappa shape index (κ1) is 18.5. The van der Waals surface area contributed by atoms with Crippen LogP contribution < -0.4 is 5.32 Å². The molecule has 2 heterocycles. The van der Waals surface area contributed by atoms with Gasteiger partial charge in [-0.15, -0.1) is 5.10 Å². The molecule has 0 spiro atoms. The Bertz CT molecular complexity index is 996. The molecule has 0 aliphatic heterocycles. The highest BCUT2D eigenvalue weighted by molar-refractivity contribution is 5.88. The van der Waals surface area contributed by atoms with Crippen LogP contribution in [-0.2, 0) is 16.0 Å². The number of esters is 1. The highest BCUT2D eigenvalue weighted by atomic mass is 16.5. The predicted molar refractivity (Wildman–Crippen MR) is 98.4 cm³/mol. The highest BCUT2D eigenvalue weighted by Crippen LogP contribution is 2.07. The lowest BCUT2D eigenvalue weighted by Gasteiger charge is -2.07.